The number of nitrogens with zero attached hydrogens (tertiary/aromatic N) is 1. The van der Waals surface area contributed by atoms with Gasteiger partial charge in [0.15, 0.2) is 0 Å². The van der Waals surface area contributed by atoms with Crippen molar-refractivity contribution in [1.29, 1.82) is 5.26 Å². The summed E-state index contributed by atoms with van der Waals surface area (Å²) >= 11 is 0. The highest BCUT2D eigenvalue weighted by atomic mass is 16.5. The van der Waals surface area contributed by atoms with Crippen LogP contribution in [0.15, 0.2) is 29.8 Å². The van der Waals surface area contributed by atoms with E-state index in [2.05, 4.69) is 0 Å². The van der Waals surface area contributed by atoms with E-state index in [0.717, 1.165) is 12.8 Å². The zero-order chi connectivity index (χ0) is 13.4. The predicted molar refractivity (Wildman–Crippen MR) is 67.6 cm³/mol. The highest BCUT2D eigenvalue weighted by Crippen LogP contribution is 2.14. The van der Waals surface area contributed by atoms with Gasteiger partial charge in [0, 0.05) is 0 Å². The van der Waals surface area contributed by atoms with Crippen LogP contribution in [0.3, 0.4) is 0 Å². The summed E-state index contributed by atoms with van der Waals surface area (Å²) in [6.45, 7) is 2.30. The fraction of sp³-hybridized carbons (Fsp3) is 0.286. The molecule has 0 saturated heterocycles. The Morgan fingerprint density at radius 1 is 1.56 bits per heavy atom. The van der Waals surface area contributed by atoms with E-state index in [1.54, 1.807) is 18.2 Å². The molecule has 0 aliphatic heterocycles. The third kappa shape index (κ3) is 4.30. The number of rotatable bonds is 5. The molecule has 0 bridgehead atoms. The summed E-state index contributed by atoms with van der Waals surface area (Å²) in [5, 5.41) is 18.2. The molecule has 4 heteroatoms. The van der Waals surface area contributed by atoms with Crippen LogP contribution in [0.25, 0.3) is 6.08 Å². The fourth-order valence-electron chi connectivity index (χ4n) is 1.31. The normalized spacial score (nSPS) is 10.8. The van der Waals surface area contributed by atoms with Gasteiger partial charge in [0.25, 0.3) is 0 Å². The van der Waals surface area contributed by atoms with E-state index >= 15 is 0 Å². The zero-order valence-electron chi connectivity index (χ0n) is 10.2. The lowest BCUT2D eigenvalue weighted by Gasteiger charge is -2.02. The average molecular weight is 245 g/mol. The first-order valence-electron chi connectivity index (χ1n) is 5.75. The summed E-state index contributed by atoms with van der Waals surface area (Å²) in [5.41, 5.74) is 0.510. The highest BCUT2D eigenvalue weighted by molar-refractivity contribution is 5.97. The van der Waals surface area contributed by atoms with Gasteiger partial charge in [-0.2, -0.15) is 5.26 Å². The van der Waals surface area contributed by atoms with Crippen LogP contribution in [0.2, 0.25) is 0 Å². The van der Waals surface area contributed by atoms with Crippen LogP contribution in [-0.2, 0) is 9.53 Å². The largest absolute Gasteiger partial charge is 0.508 e. The van der Waals surface area contributed by atoms with Crippen LogP contribution in [0.1, 0.15) is 25.3 Å². The highest BCUT2D eigenvalue weighted by Gasteiger charge is 2.10. The quantitative estimate of drug-likeness (QED) is 0.374. The number of hydrogen-bond donors (Lipinski definition) is 1. The van der Waals surface area contributed by atoms with Crippen molar-refractivity contribution in [3.05, 3.63) is 35.4 Å². The molecule has 0 aromatic heterocycles. The zero-order valence-corrected chi connectivity index (χ0v) is 10.2. The average Bonchev–Trinajstić information content (AvgIpc) is 2.36. The number of unbranched alkanes of at least 4 members (excludes halogenated alkanes) is 1. The first-order chi connectivity index (χ1) is 8.67. The molecule has 0 spiro atoms. The van der Waals surface area contributed by atoms with Crippen molar-refractivity contribution in [2.45, 2.75) is 19.8 Å². The number of benzene rings is 1. The van der Waals surface area contributed by atoms with Gasteiger partial charge < -0.3 is 9.84 Å². The SMILES string of the molecule is CCCCOC(=O)/C(C#N)=C\c1cccc(O)c1. The Balaban J connectivity index is 2.77. The van der Waals surface area contributed by atoms with Gasteiger partial charge in [-0.25, -0.2) is 4.79 Å². The number of hydrogen-bond acceptors (Lipinski definition) is 4. The molecule has 1 N–H and O–H groups in total. The summed E-state index contributed by atoms with van der Waals surface area (Å²) in [6.07, 6.45) is 3.09. The molecule has 4 nitrogen and oxygen atoms in total. The predicted octanol–water partition coefficient (Wildman–Crippen LogP) is 2.64. The summed E-state index contributed by atoms with van der Waals surface area (Å²) in [4.78, 5) is 11.6. The second-order valence-electron chi connectivity index (χ2n) is 3.75. The van der Waals surface area contributed by atoms with Gasteiger partial charge in [-0.15, -0.1) is 0 Å². The van der Waals surface area contributed by atoms with Crippen molar-refractivity contribution in [2.75, 3.05) is 6.61 Å². The van der Waals surface area contributed by atoms with E-state index in [0.29, 0.717) is 12.2 Å². The fourth-order valence-corrected chi connectivity index (χ4v) is 1.31. The number of carbonyl (C=O) groups is 1. The Morgan fingerprint density at radius 3 is 2.94 bits per heavy atom. The third-order valence-corrected chi connectivity index (χ3v) is 2.25. The van der Waals surface area contributed by atoms with Crippen molar-refractivity contribution in [1.82, 2.24) is 0 Å². The van der Waals surface area contributed by atoms with Crippen LogP contribution in [0.5, 0.6) is 5.75 Å². The maximum atomic E-state index is 11.6. The van der Waals surface area contributed by atoms with Gasteiger partial charge in [0.05, 0.1) is 6.61 Å². The van der Waals surface area contributed by atoms with Crippen LogP contribution in [-0.4, -0.2) is 17.7 Å². The summed E-state index contributed by atoms with van der Waals surface area (Å²) < 4.78 is 4.95. The van der Waals surface area contributed by atoms with E-state index in [1.165, 1.54) is 18.2 Å². The Morgan fingerprint density at radius 2 is 2.33 bits per heavy atom. The molecule has 1 aromatic rings. The molecular formula is C14H15NO3. The van der Waals surface area contributed by atoms with Crippen molar-refractivity contribution < 1.29 is 14.6 Å². The molecule has 1 aromatic carbocycles. The van der Waals surface area contributed by atoms with E-state index < -0.39 is 5.97 Å². The number of aromatic hydroxyl groups is 1. The molecule has 0 atom stereocenters. The van der Waals surface area contributed by atoms with E-state index in [9.17, 15) is 9.90 Å². The van der Waals surface area contributed by atoms with E-state index in [4.69, 9.17) is 10.00 Å². The van der Waals surface area contributed by atoms with Crippen LogP contribution >= 0.6 is 0 Å². The topological polar surface area (TPSA) is 70.3 Å². The first-order valence-corrected chi connectivity index (χ1v) is 5.75. The smallest absolute Gasteiger partial charge is 0.348 e. The molecule has 0 fully saturated rings. The Bertz CT molecular complexity index is 486. The Labute approximate surface area is 106 Å². The van der Waals surface area contributed by atoms with Gasteiger partial charge in [0.1, 0.15) is 17.4 Å². The molecular weight excluding hydrogens is 230 g/mol. The van der Waals surface area contributed by atoms with Gasteiger partial charge in [-0.1, -0.05) is 25.5 Å². The Kier molecular flexibility index (Phi) is 5.46. The van der Waals surface area contributed by atoms with Crippen LogP contribution in [0, 0.1) is 11.3 Å². The van der Waals surface area contributed by atoms with Gasteiger partial charge >= 0.3 is 5.97 Å². The van der Waals surface area contributed by atoms with Gasteiger partial charge in [-0.05, 0) is 30.2 Å². The minimum atomic E-state index is -0.630. The molecule has 18 heavy (non-hydrogen) atoms. The van der Waals surface area contributed by atoms with Gasteiger partial charge in [0.2, 0.25) is 0 Å². The lowest BCUT2D eigenvalue weighted by atomic mass is 10.1. The maximum Gasteiger partial charge on any atom is 0.348 e. The number of esters is 1. The monoisotopic (exact) mass is 245 g/mol. The second kappa shape index (κ2) is 7.13. The summed E-state index contributed by atoms with van der Waals surface area (Å²) in [6, 6.07) is 8.12. The molecule has 0 radical (unpaired) electrons. The molecule has 0 amide bonds. The van der Waals surface area contributed by atoms with Crippen molar-refractivity contribution in [3.8, 4) is 11.8 Å². The molecule has 0 unspecified atom stereocenters. The van der Waals surface area contributed by atoms with Crippen LogP contribution < -0.4 is 0 Å². The molecule has 0 aliphatic carbocycles. The minimum Gasteiger partial charge on any atom is -0.508 e. The first kappa shape index (κ1) is 13.8. The number of phenolic OH excluding ortho intramolecular Hbond substituents is 1. The lowest BCUT2D eigenvalue weighted by Crippen LogP contribution is -2.07. The van der Waals surface area contributed by atoms with Crippen molar-refractivity contribution in [2.24, 2.45) is 0 Å². The lowest BCUT2D eigenvalue weighted by molar-refractivity contribution is -0.138. The standard InChI is InChI=1S/C14H15NO3/c1-2-3-7-18-14(17)12(10-15)8-11-5-4-6-13(16)9-11/h4-6,8-9,16H,2-3,7H2,1H3/b12-8-. The molecule has 1 rings (SSSR count). The molecule has 0 heterocycles. The van der Waals surface area contributed by atoms with Gasteiger partial charge in [-0.3, -0.25) is 0 Å². The third-order valence-electron chi connectivity index (χ3n) is 2.25. The van der Waals surface area contributed by atoms with Crippen molar-refractivity contribution >= 4 is 12.0 Å². The number of nitriles is 1. The molecule has 0 saturated carbocycles. The maximum absolute atomic E-state index is 11.6. The van der Waals surface area contributed by atoms with E-state index in [-0.39, 0.29) is 11.3 Å². The number of ether oxygens (including phenoxy) is 1. The molecule has 94 valence electrons. The van der Waals surface area contributed by atoms with Crippen LogP contribution in [0.4, 0.5) is 0 Å². The van der Waals surface area contributed by atoms with E-state index in [1.807, 2.05) is 6.92 Å². The minimum absolute atomic E-state index is 0.0725. The molecule has 0 aliphatic rings. The number of phenols is 1. The van der Waals surface area contributed by atoms with Crippen molar-refractivity contribution in [3.63, 3.8) is 0 Å². The Hall–Kier alpha value is -2.28. The second-order valence-corrected chi connectivity index (χ2v) is 3.75. The number of carbonyl (C=O) groups excluding carboxylic acids is 1. The summed E-state index contributed by atoms with van der Waals surface area (Å²) in [7, 11) is 0. The summed E-state index contributed by atoms with van der Waals surface area (Å²) in [5.74, 6) is -0.547.